The molecule has 3 aromatic carbocycles. The van der Waals surface area contributed by atoms with Crippen LogP contribution in [0.5, 0.6) is 17.2 Å². The van der Waals surface area contributed by atoms with Crippen molar-refractivity contribution in [2.45, 2.75) is 38.2 Å². The summed E-state index contributed by atoms with van der Waals surface area (Å²) >= 11 is 0. The summed E-state index contributed by atoms with van der Waals surface area (Å²) in [6.45, 7) is 3.81. The van der Waals surface area contributed by atoms with E-state index in [1.54, 1.807) is 19.2 Å². The van der Waals surface area contributed by atoms with Crippen molar-refractivity contribution in [2.75, 3.05) is 7.11 Å². The quantitative estimate of drug-likeness (QED) is 0.444. The standard InChI is InChI=1S/C25H22O5/c1-25(2)13-19(26)17-9-11-21-23(24(17)30-25)18(12-22(27)29-21)15-8-10-20(28-3)16-7-5-4-6-14(15)16/h4-11,18H,12-13H2,1-3H3. The molecular weight excluding hydrogens is 380 g/mol. The number of carbonyl (C=O) groups is 2. The van der Waals surface area contributed by atoms with Crippen LogP contribution in [-0.2, 0) is 4.79 Å². The molecule has 0 aromatic heterocycles. The zero-order valence-corrected chi connectivity index (χ0v) is 17.2. The molecule has 0 radical (unpaired) electrons. The van der Waals surface area contributed by atoms with Gasteiger partial charge in [-0.05, 0) is 43.0 Å². The first-order chi connectivity index (χ1) is 14.4. The van der Waals surface area contributed by atoms with E-state index in [1.165, 1.54) is 0 Å². The van der Waals surface area contributed by atoms with Gasteiger partial charge in [-0.1, -0.05) is 30.3 Å². The van der Waals surface area contributed by atoms with Crippen LogP contribution >= 0.6 is 0 Å². The molecule has 0 fully saturated rings. The van der Waals surface area contributed by atoms with Gasteiger partial charge in [-0.25, -0.2) is 0 Å². The number of benzene rings is 3. The number of ether oxygens (including phenoxy) is 3. The van der Waals surface area contributed by atoms with Crippen LogP contribution in [0.2, 0.25) is 0 Å². The Morgan fingerprint density at radius 3 is 2.53 bits per heavy atom. The van der Waals surface area contributed by atoms with Gasteiger partial charge >= 0.3 is 5.97 Å². The van der Waals surface area contributed by atoms with Crippen molar-refractivity contribution in [3.05, 3.63) is 65.2 Å². The number of fused-ring (bicyclic) bond motifs is 4. The second-order valence-corrected chi connectivity index (χ2v) is 8.45. The zero-order valence-electron chi connectivity index (χ0n) is 17.2. The van der Waals surface area contributed by atoms with Crippen LogP contribution in [0.4, 0.5) is 0 Å². The highest BCUT2D eigenvalue weighted by molar-refractivity contribution is 6.02. The van der Waals surface area contributed by atoms with Crippen LogP contribution in [0.25, 0.3) is 10.8 Å². The number of esters is 1. The van der Waals surface area contributed by atoms with Gasteiger partial charge < -0.3 is 14.2 Å². The molecule has 0 aliphatic carbocycles. The molecule has 5 rings (SSSR count). The third-order valence-electron chi connectivity index (χ3n) is 5.88. The number of hydrogen-bond acceptors (Lipinski definition) is 5. The van der Waals surface area contributed by atoms with E-state index in [-0.39, 0.29) is 24.1 Å². The van der Waals surface area contributed by atoms with Crippen LogP contribution in [-0.4, -0.2) is 24.5 Å². The molecule has 2 aliphatic heterocycles. The van der Waals surface area contributed by atoms with Crippen molar-refractivity contribution in [1.29, 1.82) is 0 Å². The lowest BCUT2D eigenvalue weighted by atomic mass is 9.80. The molecule has 5 nitrogen and oxygen atoms in total. The van der Waals surface area contributed by atoms with Crippen molar-refractivity contribution in [2.24, 2.45) is 0 Å². The van der Waals surface area contributed by atoms with Gasteiger partial charge in [0.05, 0.1) is 25.5 Å². The van der Waals surface area contributed by atoms with Crippen molar-refractivity contribution in [3.63, 3.8) is 0 Å². The maximum atomic E-state index is 12.8. The molecule has 1 unspecified atom stereocenters. The molecule has 0 saturated heterocycles. The minimum Gasteiger partial charge on any atom is -0.496 e. The van der Waals surface area contributed by atoms with Crippen molar-refractivity contribution in [3.8, 4) is 17.2 Å². The number of carbonyl (C=O) groups excluding carboxylic acids is 2. The van der Waals surface area contributed by atoms with Crippen LogP contribution in [0.15, 0.2) is 48.5 Å². The van der Waals surface area contributed by atoms with Crippen molar-refractivity contribution < 1.29 is 23.8 Å². The Morgan fingerprint density at radius 2 is 1.77 bits per heavy atom. The minimum atomic E-state index is -0.618. The highest BCUT2D eigenvalue weighted by Gasteiger charge is 2.40. The van der Waals surface area contributed by atoms with E-state index >= 15 is 0 Å². The fourth-order valence-corrected chi connectivity index (χ4v) is 4.60. The lowest BCUT2D eigenvalue weighted by Gasteiger charge is -2.36. The summed E-state index contributed by atoms with van der Waals surface area (Å²) in [5, 5.41) is 1.97. The Labute approximate surface area is 174 Å². The minimum absolute atomic E-state index is 0.0410. The third-order valence-corrected chi connectivity index (χ3v) is 5.88. The highest BCUT2D eigenvalue weighted by Crippen LogP contribution is 2.50. The average molecular weight is 402 g/mol. The fourth-order valence-electron chi connectivity index (χ4n) is 4.60. The Kier molecular flexibility index (Phi) is 4.10. The van der Waals surface area contributed by atoms with Crippen molar-refractivity contribution in [1.82, 2.24) is 0 Å². The lowest BCUT2D eigenvalue weighted by molar-refractivity contribution is -0.135. The Hall–Kier alpha value is -3.34. The molecule has 30 heavy (non-hydrogen) atoms. The molecule has 2 heterocycles. The Morgan fingerprint density at radius 1 is 1.00 bits per heavy atom. The molecule has 0 saturated carbocycles. The van der Waals surface area contributed by atoms with Crippen LogP contribution in [0, 0.1) is 0 Å². The first-order valence-corrected chi connectivity index (χ1v) is 10.0. The highest BCUT2D eigenvalue weighted by atomic mass is 16.5. The van der Waals surface area contributed by atoms with Crippen LogP contribution < -0.4 is 14.2 Å². The number of hydrogen-bond donors (Lipinski definition) is 0. The van der Waals surface area contributed by atoms with E-state index in [0.717, 1.165) is 27.6 Å². The van der Waals surface area contributed by atoms with Gasteiger partial charge in [0.25, 0.3) is 0 Å². The van der Waals surface area contributed by atoms with Gasteiger partial charge in [-0.2, -0.15) is 0 Å². The summed E-state index contributed by atoms with van der Waals surface area (Å²) in [4.78, 5) is 25.3. The van der Waals surface area contributed by atoms with Gasteiger partial charge in [0.1, 0.15) is 22.8 Å². The molecule has 0 amide bonds. The number of rotatable bonds is 2. The predicted molar refractivity (Wildman–Crippen MR) is 113 cm³/mol. The monoisotopic (exact) mass is 402 g/mol. The fraction of sp³-hybridized carbons (Fsp3) is 0.280. The number of ketones is 1. The van der Waals surface area contributed by atoms with Crippen LogP contribution in [0.3, 0.4) is 0 Å². The topological polar surface area (TPSA) is 61.8 Å². The SMILES string of the molecule is COc1ccc(C2CC(=O)Oc3ccc4c(c32)OC(C)(C)CC4=O)c2ccccc12. The van der Waals surface area contributed by atoms with E-state index < -0.39 is 5.60 Å². The molecule has 1 atom stereocenters. The van der Waals surface area contributed by atoms with E-state index in [4.69, 9.17) is 14.2 Å². The second-order valence-electron chi connectivity index (χ2n) is 8.45. The summed E-state index contributed by atoms with van der Waals surface area (Å²) in [5.41, 5.74) is 1.68. The van der Waals surface area contributed by atoms with E-state index in [0.29, 0.717) is 23.5 Å². The van der Waals surface area contributed by atoms with E-state index in [1.807, 2.05) is 50.2 Å². The normalized spacial score (nSPS) is 19.5. The summed E-state index contributed by atoms with van der Waals surface area (Å²) in [5.74, 6) is 1.23. The molecule has 152 valence electrons. The molecule has 5 heteroatoms. The Balaban J connectivity index is 1.78. The largest absolute Gasteiger partial charge is 0.496 e. The smallest absolute Gasteiger partial charge is 0.312 e. The number of Topliss-reactive ketones (excluding diaryl/α,β-unsaturated/α-hetero) is 1. The zero-order chi connectivity index (χ0) is 21.0. The van der Waals surface area contributed by atoms with Gasteiger partial charge in [-0.3, -0.25) is 9.59 Å². The van der Waals surface area contributed by atoms with Gasteiger partial charge in [0, 0.05) is 16.9 Å². The van der Waals surface area contributed by atoms with Gasteiger partial charge in [0.15, 0.2) is 5.78 Å². The molecule has 3 aromatic rings. The predicted octanol–water partition coefficient (Wildman–Crippen LogP) is 5.03. The summed E-state index contributed by atoms with van der Waals surface area (Å²) < 4.78 is 17.4. The summed E-state index contributed by atoms with van der Waals surface area (Å²) in [6.07, 6.45) is 0.493. The lowest BCUT2D eigenvalue weighted by Crippen LogP contribution is -2.37. The average Bonchev–Trinajstić information content (AvgIpc) is 2.71. The summed E-state index contributed by atoms with van der Waals surface area (Å²) in [7, 11) is 1.65. The maximum Gasteiger partial charge on any atom is 0.312 e. The van der Waals surface area contributed by atoms with Gasteiger partial charge in [-0.15, -0.1) is 0 Å². The first kappa shape index (κ1) is 18.7. The molecule has 2 aliphatic rings. The van der Waals surface area contributed by atoms with Crippen LogP contribution in [0.1, 0.15) is 54.1 Å². The van der Waals surface area contributed by atoms with E-state index in [9.17, 15) is 9.59 Å². The molecular formula is C25H22O5. The van der Waals surface area contributed by atoms with E-state index in [2.05, 4.69) is 0 Å². The van der Waals surface area contributed by atoms with Gasteiger partial charge in [0.2, 0.25) is 0 Å². The number of methoxy groups -OCH3 is 1. The third kappa shape index (κ3) is 2.84. The summed E-state index contributed by atoms with van der Waals surface area (Å²) in [6, 6.07) is 15.3. The molecule has 0 N–H and O–H groups in total. The second kappa shape index (κ2) is 6.59. The first-order valence-electron chi connectivity index (χ1n) is 10.0. The maximum absolute atomic E-state index is 12.8. The molecule has 0 spiro atoms. The Bertz CT molecular complexity index is 1210. The molecule has 0 bridgehead atoms. The van der Waals surface area contributed by atoms with Crippen molar-refractivity contribution >= 4 is 22.5 Å².